The molecule has 1 saturated carbocycles. The van der Waals surface area contributed by atoms with Gasteiger partial charge < -0.3 is 4.74 Å². The molecule has 1 aliphatic carbocycles. The monoisotopic (exact) mass is 357 g/mol. The second kappa shape index (κ2) is 6.07. The maximum atomic E-state index is 5.98. The first kappa shape index (κ1) is 15.4. The normalized spacial score (nSPS) is 19.2. The molecule has 0 aliphatic heterocycles. The summed E-state index contributed by atoms with van der Waals surface area (Å²) < 4.78 is 7.92. The van der Waals surface area contributed by atoms with Crippen molar-refractivity contribution in [1.82, 2.24) is 14.8 Å². The fourth-order valence-corrected chi connectivity index (χ4v) is 3.49. The van der Waals surface area contributed by atoms with Gasteiger partial charge in [-0.15, -0.1) is 0 Å². The fourth-order valence-electron chi connectivity index (χ4n) is 3.12. The minimum absolute atomic E-state index is 0.352. The standard InChI is InChI=1S/C18H16ClN3OS/c1-23-14-4-2-3-13(9-14)22-17(20-21-18(22)24)16-10-15(16)11-5-7-12(19)8-6-11/h2-9,15-16H,10H2,1H3,(H,21,24). The van der Waals surface area contributed by atoms with Gasteiger partial charge >= 0.3 is 0 Å². The molecule has 1 aliphatic rings. The Labute approximate surface area is 150 Å². The topological polar surface area (TPSA) is 42.8 Å². The average molecular weight is 358 g/mol. The Bertz CT molecular complexity index is 932. The third kappa shape index (κ3) is 2.74. The van der Waals surface area contributed by atoms with Crippen LogP contribution in [-0.2, 0) is 0 Å². The van der Waals surface area contributed by atoms with Crippen LogP contribution in [0, 0.1) is 4.77 Å². The molecule has 4 nitrogen and oxygen atoms in total. The number of methoxy groups -OCH3 is 1. The van der Waals surface area contributed by atoms with Crippen molar-refractivity contribution in [2.24, 2.45) is 0 Å². The molecule has 1 aromatic heterocycles. The van der Waals surface area contributed by atoms with Crippen LogP contribution in [0.4, 0.5) is 0 Å². The number of aromatic amines is 1. The van der Waals surface area contributed by atoms with Gasteiger partial charge in [0.2, 0.25) is 0 Å². The maximum Gasteiger partial charge on any atom is 0.199 e. The van der Waals surface area contributed by atoms with Crippen LogP contribution >= 0.6 is 23.8 Å². The van der Waals surface area contributed by atoms with Gasteiger partial charge in [-0.05, 0) is 54.4 Å². The van der Waals surface area contributed by atoms with Gasteiger partial charge in [0.1, 0.15) is 11.6 Å². The van der Waals surface area contributed by atoms with E-state index in [-0.39, 0.29) is 0 Å². The summed E-state index contributed by atoms with van der Waals surface area (Å²) in [4.78, 5) is 0. The Kier molecular flexibility index (Phi) is 3.90. The van der Waals surface area contributed by atoms with Crippen LogP contribution in [0.5, 0.6) is 5.75 Å². The maximum absolute atomic E-state index is 5.98. The first-order chi connectivity index (χ1) is 11.7. The SMILES string of the molecule is COc1cccc(-n2c(C3CC3c3ccc(Cl)cc3)n[nH]c2=S)c1. The zero-order chi connectivity index (χ0) is 16.7. The van der Waals surface area contributed by atoms with E-state index in [0.29, 0.717) is 16.6 Å². The van der Waals surface area contributed by atoms with Crippen molar-refractivity contribution >= 4 is 23.8 Å². The molecule has 4 rings (SSSR count). The second-order valence-corrected chi connectivity index (χ2v) is 6.75. The summed E-state index contributed by atoms with van der Waals surface area (Å²) in [6.45, 7) is 0. The van der Waals surface area contributed by atoms with Gasteiger partial charge in [0.25, 0.3) is 0 Å². The van der Waals surface area contributed by atoms with Crippen LogP contribution in [0.2, 0.25) is 5.02 Å². The highest BCUT2D eigenvalue weighted by Crippen LogP contribution is 2.54. The number of ether oxygens (including phenoxy) is 1. The Morgan fingerprint density at radius 3 is 2.75 bits per heavy atom. The molecule has 1 heterocycles. The van der Waals surface area contributed by atoms with E-state index in [4.69, 9.17) is 28.6 Å². The zero-order valence-corrected chi connectivity index (χ0v) is 14.6. The molecule has 0 bridgehead atoms. The third-order valence-corrected chi connectivity index (χ3v) is 4.96. The molecule has 122 valence electrons. The Morgan fingerprint density at radius 1 is 1.21 bits per heavy atom. The molecule has 6 heteroatoms. The minimum Gasteiger partial charge on any atom is -0.497 e. The van der Waals surface area contributed by atoms with Gasteiger partial charge in [0.05, 0.1) is 12.8 Å². The molecule has 0 saturated heterocycles. The first-order valence-corrected chi connectivity index (χ1v) is 8.53. The Morgan fingerprint density at radius 2 is 2.00 bits per heavy atom. The predicted molar refractivity (Wildman–Crippen MR) is 96.9 cm³/mol. The molecule has 2 unspecified atom stereocenters. The van der Waals surface area contributed by atoms with Crippen molar-refractivity contribution < 1.29 is 4.74 Å². The highest BCUT2D eigenvalue weighted by atomic mass is 35.5. The van der Waals surface area contributed by atoms with Crippen molar-refractivity contribution in [2.45, 2.75) is 18.3 Å². The molecule has 1 N–H and O–H groups in total. The second-order valence-electron chi connectivity index (χ2n) is 5.92. The highest BCUT2D eigenvalue weighted by molar-refractivity contribution is 7.71. The number of hydrogen-bond donors (Lipinski definition) is 1. The lowest BCUT2D eigenvalue weighted by atomic mass is 10.1. The summed E-state index contributed by atoms with van der Waals surface area (Å²) in [7, 11) is 1.66. The zero-order valence-electron chi connectivity index (χ0n) is 13.1. The molecular formula is C18H16ClN3OS. The van der Waals surface area contributed by atoms with Crippen LogP contribution in [0.1, 0.15) is 29.6 Å². The molecule has 1 fully saturated rings. The minimum atomic E-state index is 0.352. The summed E-state index contributed by atoms with van der Waals surface area (Å²) >= 11 is 11.4. The summed E-state index contributed by atoms with van der Waals surface area (Å²) in [5, 5.41) is 8.17. The average Bonchev–Trinajstić information content (AvgIpc) is 3.30. The summed E-state index contributed by atoms with van der Waals surface area (Å²) in [5.74, 6) is 2.57. The lowest BCUT2D eigenvalue weighted by Gasteiger charge is -2.08. The van der Waals surface area contributed by atoms with Crippen molar-refractivity contribution in [2.75, 3.05) is 7.11 Å². The van der Waals surface area contributed by atoms with Crippen LogP contribution < -0.4 is 4.74 Å². The van der Waals surface area contributed by atoms with E-state index in [1.807, 2.05) is 41.0 Å². The van der Waals surface area contributed by atoms with Crippen molar-refractivity contribution in [3.05, 3.63) is 69.7 Å². The Hall–Kier alpha value is -2.11. The summed E-state index contributed by atoms with van der Waals surface area (Å²) in [6, 6.07) is 15.9. The van der Waals surface area contributed by atoms with E-state index in [9.17, 15) is 0 Å². The fraction of sp³-hybridized carbons (Fsp3) is 0.222. The smallest absolute Gasteiger partial charge is 0.199 e. The number of aromatic nitrogens is 3. The molecule has 2 atom stereocenters. The van der Waals surface area contributed by atoms with Crippen LogP contribution in [0.3, 0.4) is 0 Å². The first-order valence-electron chi connectivity index (χ1n) is 7.74. The number of rotatable bonds is 4. The van der Waals surface area contributed by atoms with Gasteiger partial charge in [-0.1, -0.05) is 29.8 Å². The summed E-state index contributed by atoms with van der Waals surface area (Å²) in [5.41, 5.74) is 2.25. The van der Waals surface area contributed by atoms with E-state index in [1.165, 1.54) is 5.56 Å². The number of nitrogens with one attached hydrogen (secondary N) is 1. The predicted octanol–water partition coefficient (Wildman–Crippen LogP) is 4.86. The van der Waals surface area contributed by atoms with E-state index in [1.54, 1.807) is 7.11 Å². The van der Waals surface area contributed by atoms with Crippen molar-refractivity contribution in [1.29, 1.82) is 0 Å². The molecule has 0 spiro atoms. The van der Waals surface area contributed by atoms with Gasteiger partial charge in [-0.2, -0.15) is 5.10 Å². The molecule has 0 amide bonds. The van der Waals surface area contributed by atoms with Crippen molar-refractivity contribution in [3.8, 4) is 11.4 Å². The van der Waals surface area contributed by atoms with Gasteiger partial charge in [-0.3, -0.25) is 9.67 Å². The van der Waals surface area contributed by atoms with E-state index >= 15 is 0 Å². The van der Waals surface area contributed by atoms with Gasteiger partial charge in [-0.25, -0.2) is 0 Å². The number of hydrogen-bond acceptors (Lipinski definition) is 3. The Balaban J connectivity index is 1.68. The molecule has 3 aromatic rings. The number of halogens is 1. The largest absolute Gasteiger partial charge is 0.497 e. The molecular weight excluding hydrogens is 342 g/mol. The lowest BCUT2D eigenvalue weighted by molar-refractivity contribution is 0.414. The number of nitrogens with zero attached hydrogens (tertiary/aromatic N) is 2. The van der Waals surface area contributed by atoms with E-state index in [2.05, 4.69) is 22.3 Å². The lowest BCUT2D eigenvalue weighted by Crippen LogP contribution is -2.01. The summed E-state index contributed by atoms with van der Waals surface area (Å²) in [6.07, 6.45) is 1.06. The number of benzene rings is 2. The van der Waals surface area contributed by atoms with Gasteiger partial charge in [0.15, 0.2) is 4.77 Å². The van der Waals surface area contributed by atoms with Crippen molar-refractivity contribution in [3.63, 3.8) is 0 Å². The third-order valence-electron chi connectivity index (χ3n) is 4.43. The van der Waals surface area contributed by atoms with Crippen LogP contribution in [-0.4, -0.2) is 21.9 Å². The van der Waals surface area contributed by atoms with E-state index in [0.717, 1.165) is 28.7 Å². The van der Waals surface area contributed by atoms with E-state index < -0.39 is 0 Å². The van der Waals surface area contributed by atoms with Crippen LogP contribution in [0.15, 0.2) is 48.5 Å². The molecule has 2 aromatic carbocycles. The quantitative estimate of drug-likeness (QED) is 0.678. The number of H-pyrrole nitrogens is 1. The highest BCUT2D eigenvalue weighted by Gasteiger charge is 2.43. The van der Waals surface area contributed by atoms with Gasteiger partial charge in [0, 0.05) is 17.0 Å². The van der Waals surface area contributed by atoms with Crippen LogP contribution in [0.25, 0.3) is 5.69 Å². The molecule has 24 heavy (non-hydrogen) atoms. The molecule has 0 radical (unpaired) electrons.